The Balaban J connectivity index is 1.70. The Hall–Kier alpha value is -3.46. The summed E-state index contributed by atoms with van der Waals surface area (Å²) < 4.78 is 3.21. The lowest BCUT2D eigenvalue weighted by atomic mass is 10.2. The fraction of sp³-hybridized carbons (Fsp3) is 0.261. The molecule has 1 atom stereocenters. The molecule has 1 amide bonds. The number of aromatic nitrogens is 5. The maximum absolute atomic E-state index is 13.3. The number of rotatable bonds is 6. The molecular formula is C23H24N6O2S. The van der Waals surface area contributed by atoms with E-state index in [2.05, 4.69) is 20.4 Å². The predicted octanol–water partition coefficient (Wildman–Crippen LogP) is 3.99. The van der Waals surface area contributed by atoms with Gasteiger partial charge in [-0.2, -0.15) is 5.10 Å². The first kappa shape index (κ1) is 21.8. The van der Waals surface area contributed by atoms with Crippen LogP contribution in [0.15, 0.2) is 64.8 Å². The van der Waals surface area contributed by atoms with Crippen molar-refractivity contribution in [3.05, 3.63) is 70.8 Å². The number of carbonyl (C=O) groups is 1. The largest absolute Gasteiger partial charge is 0.310 e. The van der Waals surface area contributed by atoms with Gasteiger partial charge in [-0.25, -0.2) is 19.2 Å². The summed E-state index contributed by atoms with van der Waals surface area (Å²) in [5.74, 6) is 0.886. The van der Waals surface area contributed by atoms with E-state index in [1.807, 2.05) is 32.9 Å². The van der Waals surface area contributed by atoms with Crippen molar-refractivity contribution in [1.82, 2.24) is 24.3 Å². The van der Waals surface area contributed by atoms with E-state index in [0.29, 0.717) is 27.7 Å². The molecule has 4 rings (SSSR count). The highest BCUT2D eigenvalue weighted by Gasteiger charge is 2.22. The van der Waals surface area contributed by atoms with Crippen molar-refractivity contribution in [2.24, 2.45) is 0 Å². The smallest absolute Gasteiger partial charge is 0.267 e. The van der Waals surface area contributed by atoms with Crippen molar-refractivity contribution in [1.29, 1.82) is 0 Å². The molecule has 1 N–H and O–H groups in total. The Morgan fingerprint density at radius 3 is 2.59 bits per heavy atom. The zero-order chi connectivity index (χ0) is 22.8. The number of pyridine rings is 1. The second-order valence-corrected chi connectivity index (χ2v) is 9.06. The lowest BCUT2D eigenvalue weighted by Gasteiger charge is -2.17. The standard InChI is InChI=1S/C23H24N6O2S/c1-14(2)29-20(11-12-25-29)27-21(30)16(4)32-23-26-18-8-6-5-7-17(18)22(31)28(23)19-10-9-15(3)13-24-19/h5-14,16H,1-4H3,(H,27,30). The Kier molecular flexibility index (Phi) is 6.09. The predicted molar refractivity (Wildman–Crippen MR) is 126 cm³/mol. The minimum Gasteiger partial charge on any atom is -0.310 e. The van der Waals surface area contributed by atoms with E-state index in [0.717, 1.165) is 5.56 Å². The van der Waals surface area contributed by atoms with Gasteiger partial charge in [0.05, 0.1) is 22.3 Å². The zero-order valence-electron chi connectivity index (χ0n) is 18.3. The van der Waals surface area contributed by atoms with Crippen LogP contribution in [0.4, 0.5) is 5.82 Å². The lowest BCUT2D eigenvalue weighted by molar-refractivity contribution is -0.115. The van der Waals surface area contributed by atoms with Gasteiger partial charge in [-0.3, -0.25) is 9.59 Å². The first-order valence-corrected chi connectivity index (χ1v) is 11.2. The van der Waals surface area contributed by atoms with Crippen LogP contribution in [0.25, 0.3) is 16.7 Å². The van der Waals surface area contributed by atoms with E-state index < -0.39 is 5.25 Å². The Bertz CT molecular complexity index is 1330. The van der Waals surface area contributed by atoms with Gasteiger partial charge in [-0.15, -0.1) is 0 Å². The van der Waals surface area contributed by atoms with E-state index in [1.54, 1.807) is 54.3 Å². The monoisotopic (exact) mass is 448 g/mol. The molecule has 3 heterocycles. The third kappa shape index (κ3) is 4.29. The molecule has 1 unspecified atom stereocenters. The van der Waals surface area contributed by atoms with Crippen molar-refractivity contribution in [2.75, 3.05) is 5.32 Å². The first-order valence-electron chi connectivity index (χ1n) is 10.3. The van der Waals surface area contributed by atoms with Crippen molar-refractivity contribution in [3.8, 4) is 5.82 Å². The lowest BCUT2D eigenvalue weighted by Crippen LogP contribution is -2.27. The number of hydrogen-bond donors (Lipinski definition) is 1. The molecule has 0 fully saturated rings. The summed E-state index contributed by atoms with van der Waals surface area (Å²) >= 11 is 1.21. The molecule has 8 nitrogen and oxygen atoms in total. The summed E-state index contributed by atoms with van der Waals surface area (Å²) in [6, 6.07) is 12.7. The molecule has 0 aliphatic carbocycles. The van der Waals surface area contributed by atoms with Gasteiger partial charge in [-0.05, 0) is 51.5 Å². The third-order valence-corrected chi connectivity index (χ3v) is 5.98. The first-order chi connectivity index (χ1) is 15.3. The number of carbonyl (C=O) groups excluding carboxylic acids is 1. The van der Waals surface area contributed by atoms with Crippen LogP contribution in [0.2, 0.25) is 0 Å². The van der Waals surface area contributed by atoms with E-state index in [-0.39, 0.29) is 17.5 Å². The molecule has 3 aromatic heterocycles. The van der Waals surface area contributed by atoms with Crippen LogP contribution in [0.3, 0.4) is 0 Å². The molecule has 0 spiro atoms. The van der Waals surface area contributed by atoms with E-state index in [9.17, 15) is 9.59 Å². The van der Waals surface area contributed by atoms with Crippen molar-refractivity contribution < 1.29 is 4.79 Å². The Morgan fingerprint density at radius 2 is 1.88 bits per heavy atom. The number of nitrogens with one attached hydrogen (secondary N) is 1. The molecule has 0 radical (unpaired) electrons. The summed E-state index contributed by atoms with van der Waals surface area (Å²) in [4.78, 5) is 35.4. The number of benzene rings is 1. The summed E-state index contributed by atoms with van der Waals surface area (Å²) in [6.45, 7) is 7.70. The van der Waals surface area contributed by atoms with Gasteiger partial charge in [0.2, 0.25) is 5.91 Å². The highest BCUT2D eigenvalue weighted by molar-refractivity contribution is 8.00. The van der Waals surface area contributed by atoms with Crippen LogP contribution in [-0.2, 0) is 4.79 Å². The fourth-order valence-corrected chi connectivity index (χ4v) is 4.17. The van der Waals surface area contributed by atoms with Gasteiger partial charge in [0.25, 0.3) is 5.56 Å². The number of fused-ring (bicyclic) bond motifs is 1. The van der Waals surface area contributed by atoms with Crippen LogP contribution in [0.5, 0.6) is 0 Å². The van der Waals surface area contributed by atoms with Gasteiger partial charge in [0, 0.05) is 18.3 Å². The van der Waals surface area contributed by atoms with Crippen molar-refractivity contribution in [3.63, 3.8) is 0 Å². The summed E-state index contributed by atoms with van der Waals surface area (Å²) in [5, 5.41) is 7.55. The highest BCUT2D eigenvalue weighted by atomic mass is 32.2. The molecule has 0 bridgehead atoms. The maximum Gasteiger partial charge on any atom is 0.267 e. The number of amides is 1. The molecule has 164 valence electrons. The molecule has 1 aromatic carbocycles. The van der Waals surface area contributed by atoms with Crippen LogP contribution >= 0.6 is 11.8 Å². The van der Waals surface area contributed by atoms with E-state index >= 15 is 0 Å². The SMILES string of the molecule is Cc1ccc(-n2c(SC(C)C(=O)Nc3ccnn3C(C)C)nc3ccccc3c2=O)nc1. The normalized spacial score (nSPS) is 12.3. The molecule has 4 aromatic rings. The van der Waals surface area contributed by atoms with Crippen molar-refractivity contribution >= 4 is 34.4 Å². The second-order valence-electron chi connectivity index (χ2n) is 7.75. The van der Waals surface area contributed by atoms with Gasteiger partial charge in [-0.1, -0.05) is 30.0 Å². The van der Waals surface area contributed by atoms with Gasteiger partial charge in [0.15, 0.2) is 5.16 Å². The van der Waals surface area contributed by atoms with Crippen molar-refractivity contribution in [2.45, 2.75) is 44.1 Å². The zero-order valence-corrected chi connectivity index (χ0v) is 19.1. The summed E-state index contributed by atoms with van der Waals surface area (Å²) in [6.07, 6.45) is 3.35. The molecule has 0 aliphatic heterocycles. The highest BCUT2D eigenvalue weighted by Crippen LogP contribution is 2.26. The fourth-order valence-electron chi connectivity index (χ4n) is 3.25. The average molecular weight is 449 g/mol. The number of anilines is 1. The molecule has 0 saturated heterocycles. The van der Waals surface area contributed by atoms with E-state index in [1.165, 1.54) is 16.3 Å². The Labute approximate surface area is 189 Å². The van der Waals surface area contributed by atoms with E-state index in [4.69, 9.17) is 0 Å². The molecular weight excluding hydrogens is 424 g/mol. The second kappa shape index (κ2) is 8.96. The van der Waals surface area contributed by atoms with Crippen LogP contribution in [0, 0.1) is 6.92 Å². The van der Waals surface area contributed by atoms with Crippen LogP contribution in [-0.4, -0.2) is 35.5 Å². The number of hydrogen-bond acceptors (Lipinski definition) is 6. The number of para-hydroxylation sites is 1. The van der Waals surface area contributed by atoms with Crippen LogP contribution < -0.4 is 10.9 Å². The summed E-state index contributed by atoms with van der Waals surface area (Å²) in [5.41, 5.74) is 1.34. The maximum atomic E-state index is 13.3. The molecule has 0 saturated carbocycles. The Morgan fingerprint density at radius 1 is 1.09 bits per heavy atom. The minimum atomic E-state index is -0.518. The van der Waals surface area contributed by atoms with Crippen LogP contribution in [0.1, 0.15) is 32.4 Å². The molecule has 32 heavy (non-hydrogen) atoms. The molecule has 0 aliphatic rings. The third-order valence-electron chi connectivity index (χ3n) is 4.93. The summed E-state index contributed by atoms with van der Waals surface area (Å²) in [7, 11) is 0. The topological polar surface area (TPSA) is 94.7 Å². The average Bonchev–Trinajstić information content (AvgIpc) is 3.23. The quantitative estimate of drug-likeness (QED) is 0.354. The van der Waals surface area contributed by atoms with Gasteiger partial charge >= 0.3 is 0 Å². The minimum absolute atomic E-state index is 0.114. The number of nitrogens with zero attached hydrogens (tertiary/aromatic N) is 5. The number of aryl methyl sites for hydroxylation is 1. The van der Waals surface area contributed by atoms with Gasteiger partial charge < -0.3 is 5.32 Å². The molecule has 9 heteroatoms. The van der Waals surface area contributed by atoms with Gasteiger partial charge in [0.1, 0.15) is 11.6 Å². The number of thioether (sulfide) groups is 1.